The maximum atomic E-state index is 12.6. The van der Waals surface area contributed by atoms with Crippen LogP contribution in [0, 0.1) is 5.92 Å². The van der Waals surface area contributed by atoms with Crippen molar-refractivity contribution in [2.24, 2.45) is 5.92 Å². The standard InChI is InChI=1S/C21H36O2Si/c1-8-24(9-2,10-3)23-20-15-18(7)21(22)19(20)14-17(6)13-11-12-16(4)5/h12,14-15,19-20H,8-11,13H2,1-7H3/b17-14+/t19-,20+/m1/s1. The molecular weight excluding hydrogens is 312 g/mol. The van der Waals surface area contributed by atoms with Crippen molar-refractivity contribution in [3.05, 3.63) is 34.9 Å². The molecule has 0 aliphatic heterocycles. The molecule has 0 aromatic carbocycles. The zero-order chi connectivity index (χ0) is 18.3. The van der Waals surface area contributed by atoms with E-state index in [4.69, 9.17) is 4.43 Å². The maximum Gasteiger partial charge on any atom is 0.192 e. The fourth-order valence-electron chi connectivity index (χ4n) is 3.39. The van der Waals surface area contributed by atoms with Gasteiger partial charge in [-0.3, -0.25) is 4.79 Å². The first-order chi connectivity index (χ1) is 11.3. The first-order valence-electron chi connectivity index (χ1n) is 9.49. The monoisotopic (exact) mass is 348 g/mol. The van der Waals surface area contributed by atoms with Gasteiger partial charge in [0.2, 0.25) is 0 Å². The Labute approximate surface area is 150 Å². The van der Waals surface area contributed by atoms with Crippen LogP contribution in [-0.2, 0) is 9.22 Å². The maximum absolute atomic E-state index is 12.6. The zero-order valence-electron chi connectivity index (χ0n) is 16.7. The van der Waals surface area contributed by atoms with Crippen LogP contribution in [0.1, 0.15) is 61.3 Å². The van der Waals surface area contributed by atoms with E-state index < -0.39 is 8.32 Å². The Morgan fingerprint density at radius 1 is 1.17 bits per heavy atom. The summed E-state index contributed by atoms with van der Waals surface area (Å²) >= 11 is 0. The lowest BCUT2D eigenvalue weighted by molar-refractivity contribution is -0.118. The van der Waals surface area contributed by atoms with Gasteiger partial charge in [-0.05, 0) is 70.3 Å². The van der Waals surface area contributed by atoms with Crippen molar-refractivity contribution in [1.29, 1.82) is 0 Å². The van der Waals surface area contributed by atoms with Gasteiger partial charge in [0.15, 0.2) is 14.1 Å². The van der Waals surface area contributed by atoms with Gasteiger partial charge < -0.3 is 4.43 Å². The van der Waals surface area contributed by atoms with Crippen LogP contribution in [0.3, 0.4) is 0 Å². The summed E-state index contributed by atoms with van der Waals surface area (Å²) in [6.45, 7) is 15.0. The third-order valence-corrected chi connectivity index (χ3v) is 9.97. The number of carbonyl (C=O) groups excluding carboxylic acids is 1. The first-order valence-corrected chi connectivity index (χ1v) is 12.0. The molecule has 0 spiro atoms. The molecule has 3 heteroatoms. The van der Waals surface area contributed by atoms with Gasteiger partial charge in [-0.25, -0.2) is 0 Å². The highest BCUT2D eigenvalue weighted by Gasteiger charge is 2.39. The molecule has 24 heavy (non-hydrogen) atoms. The van der Waals surface area contributed by atoms with E-state index in [0.717, 1.165) is 36.5 Å². The Hall–Kier alpha value is -0.933. The summed E-state index contributed by atoms with van der Waals surface area (Å²) in [5, 5.41) is 0. The van der Waals surface area contributed by atoms with Crippen LogP contribution in [-0.4, -0.2) is 20.2 Å². The Balaban J connectivity index is 2.90. The number of hydrogen-bond acceptors (Lipinski definition) is 2. The van der Waals surface area contributed by atoms with Crippen molar-refractivity contribution in [3.8, 4) is 0 Å². The molecule has 0 aromatic rings. The molecule has 0 radical (unpaired) electrons. The van der Waals surface area contributed by atoms with E-state index >= 15 is 0 Å². The molecule has 136 valence electrons. The predicted molar refractivity (Wildman–Crippen MR) is 107 cm³/mol. The van der Waals surface area contributed by atoms with Gasteiger partial charge in [-0.15, -0.1) is 0 Å². The fourth-order valence-corrected chi connectivity index (χ4v) is 6.18. The van der Waals surface area contributed by atoms with Gasteiger partial charge in [0.05, 0.1) is 12.0 Å². The van der Waals surface area contributed by atoms with Crippen molar-refractivity contribution in [2.45, 2.75) is 85.5 Å². The van der Waals surface area contributed by atoms with E-state index in [0.29, 0.717) is 0 Å². The van der Waals surface area contributed by atoms with Gasteiger partial charge in [0.25, 0.3) is 0 Å². The molecule has 1 rings (SSSR count). The lowest BCUT2D eigenvalue weighted by Crippen LogP contribution is -2.41. The van der Waals surface area contributed by atoms with E-state index in [-0.39, 0.29) is 17.8 Å². The van der Waals surface area contributed by atoms with Crippen LogP contribution in [0.5, 0.6) is 0 Å². The van der Waals surface area contributed by atoms with E-state index in [1.54, 1.807) is 0 Å². The lowest BCUT2D eigenvalue weighted by atomic mass is 9.97. The molecule has 1 aliphatic rings. The van der Waals surface area contributed by atoms with Crippen LogP contribution in [0.2, 0.25) is 18.1 Å². The summed E-state index contributed by atoms with van der Waals surface area (Å²) in [7, 11) is -1.71. The van der Waals surface area contributed by atoms with Crippen molar-refractivity contribution in [2.75, 3.05) is 0 Å². The van der Waals surface area contributed by atoms with Crippen molar-refractivity contribution < 1.29 is 9.22 Å². The summed E-state index contributed by atoms with van der Waals surface area (Å²) in [4.78, 5) is 12.6. The van der Waals surface area contributed by atoms with Gasteiger partial charge in [-0.1, -0.05) is 44.1 Å². The van der Waals surface area contributed by atoms with Crippen LogP contribution < -0.4 is 0 Å². The molecule has 0 unspecified atom stereocenters. The molecule has 0 saturated heterocycles. The third kappa shape index (κ3) is 5.56. The average Bonchev–Trinajstić information content (AvgIpc) is 2.80. The fraction of sp³-hybridized carbons (Fsp3) is 0.667. The van der Waals surface area contributed by atoms with Gasteiger partial charge >= 0.3 is 0 Å². The van der Waals surface area contributed by atoms with Crippen molar-refractivity contribution in [1.82, 2.24) is 0 Å². The number of Topliss-reactive ketones (excluding diaryl/α,β-unsaturated/α-hetero) is 1. The summed E-state index contributed by atoms with van der Waals surface area (Å²) in [5.74, 6) is 0.126. The highest BCUT2D eigenvalue weighted by molar-refractivity contribution is 6.73. The summed E-state index contributed by atoms with van der Waals surface area (Å²) < 4.78 is 6.63. The molecular formula is C21H36O2Si. The summed E-state index contributed by atoms with van der Waals surface area (Å²) in [6, 6.07) is 3.36. The highest BCUT2D eigenvalue weighted by Crippen LogP contribution is 2.33. The Kier molecular flexibility index (Phi) is 8.38. The molecule has 0 aromatic heterocycles. The van der Waals surface area contributed by atoms with E-state index in [2.05, 4.69) is 59.8 Å². The average molecular weight is 349 g/mol. The zero-order valence-corrected chi connectivity index (χ0v) is 17.7. The molecule has 1 aliphatic carbocycles. The topological polar surface area (TPSA) is 26.3 Å². The molecule has 0 saturated carbocycles. The quantitative estimate of drug-likeness (QED) is 0.365. The highest BCUT2D eigenvalue weighted by atomic mass is 28.4. The lowest BCUT2D eigenvalue weighted by Gasteiger charge is -2.32. The number of carbonyl (C=O) groups is 1. The normalized spacial score (nSPS) is 21.9. The summed E-state index contributed by atoms with van der Waals surface area (Å²) in [6.07, 6.45) is 8.49. The largest absolute Gasteiger partial charge is 0.409 e. The molecule has 0 bridgehead atoms. The molecule has 0 amide bonds. The summed E-state index contributed by atoms with van der Waals surface area (Å²) in [5.41, 5.74) is 3.51. The molecule has 0 fully saturated rings. The Morgan fingerprint density at radius 2 is 1.75 bits per heavy atom. The minimum atomic E-state index is -1.71. The number of ketones is 1. The SMILES string of the molecule is CC[Si](CC)(CC)O[C@H]1C=C(C)C(=O)[C@@H]1/C=C(\C)CCC=C(C)C. The second-order valence-corrected chi connectivity index (χ2v) is 12.1. The Morgan fingerprint density at radius 3 is 2.25 bits per heavy atom. The minimum Gasteiger partial charge on any atom is -0.409 e. The van der Waals surface area contributed by atoms with Gasteiger partial charge in [-0.2, -0.15) is 0 Å². The smallest absolute Gasteiger partial charge is 0.192 e. The predicted octanol–water partition coefficient (Wildman–Crippen LogP) is 6.21. The molecule has 2 atom stereocenters. The number of rotatable bonds is 9. The van der Waals surface area contributed by atoms with Crippen molar-refractivity contribution in [3.63, 3.8) is 0 Å². The van der Waals surface area contributed by atoms with E-state index in [1.165, 1.54) is 11.1 Å². The minimum absolute atomic E-state index is 0.0533. The van der Waals surface area contributed by atoms with Crippen LogP contribution in [0.25, 0.3) is 0 Å². The number of allylic oxidation sites excluding steroid dienone is 4. The number of hydrogen-bond donors (Lipinski definition) is 0. The van der Waals surface area contributed by atoms with Crippen LogP contribution >= 0.6 is 0 Å². The van der Waals surface area contributed by atoms with Crippen LogP contribution in [0.15, 0.2) is 34.9 Å². The van der Waals surface area contributed by atoms with Gasteiger partial charge in [0, 0.05) is 0 Å². The molecule has 0 heterocycles. The van der Waals surface area contributed by atoms with E-state index in [1.807, 2.05) is 6.92 Å². The molecule has 0 N–H and O–H groups in total. The first kappa shape index (κ1) is 21.1. The van der Waals surface area contributed by atoms with E-state index in [9.17, 15) is 4.79 Å². The Bertz CT molecular complexity index is 512. The van der Waals surface area contributed by atoms with Crippen molar-refractivity contribution >= 4 is 14.1 Å². The van der Waals surface area contributed by atoms with Gasteiger partial charge in [0.1, 0.15) is 0 Å². The molecule has 2 nitrogen and oxygen atoms in total. The second-order valence-electron chi connectivity index (χ2n) is 7.40. The second kappa shape index (κ2) is 9.52. The third-order valence-electron chi connectivity index (χ3n) is 5.33. The van der Waals surface area contributed by atoms with Crippen LogP contribution in [0.4, 0.5) is 0 Å².